The molecule has 0 radical (unpaired) electrons. The number of para-hydroxylation sites is 2. The summed E-state index contributed by atoms with van der Waals surface area (Å²) in [6.45, 7) is 9.42. The van der Waals surface area contributed by atoms with Crippen LogP contribution < -0.4 is 5.73 Å². The maximum absolute atomic E-state index is 5.75. The molecule has 0 saturated heterocycles. The van der Waals surface area contributed by atoms with E-state index in [2.05, 4.69) is 65.8 Å². The molecule has 144 valence electrons. The number of fused-ring (bicyclic) bond motifs is 1. The van der Waals surface area contributed by atoms with Crippen molar-refractivity contribution in [1.82, 2.24) is 14.5 Å². The molecule has 0 bridgehead atoms. The summed E-state index contributed by atoms with van der Waals surface area (Å²) in [7, 11) is 0. The summed E-state index contributed by atoms with van der Waals surface area (Å²) < 4.78 is 2.30. The number of aryl methyl sites for hydroxylation is 1. The van der Waals surface area contributed by atoms with E-state index in [9.17, 15) is 0 Å². The fraction of sp³-hybridized carbons (Fsp3) is 0.435. The Hall–Kier alpha value is -2.17. The van der Waals surface area contributed by atoms with Crippen LogP contribution >= 0.6 is 0 Å². The molecule has 4 nitrogen and oxygen atoms in total. The molecule has 0 spiro atoms. The maximum Gasteiger partial charge on any atom is 0.141 e. The minimum atomic E-state index is 0.690. The third kappa shape index (κ3) is 4.76. The molecule has 1 heterocycles. The Morgan fingerprint density at radius 1 is 0.963 bits per heavy atom. The number of aromatic nitrogens is 2. The Balaban J connectivity index is 1.86. The number of nitrogens with two attached hydrogens (primary N) is 1. The van der Waals surface area contributed by atoms with E-state index in [4.69, 9.17) is 10.7 Å². The molecule has 1 aromatic heterocycles. The SMILES string of the molecule is CCCN(CCC)Cc1ccc(-c2nc3ccccc3n2CCCN)cc1. The van der Waals surface area contributed by atoms with Crippen LogP contribution in [-0.4, -0.2) is 34.1 Å². The van der Waals surface area contributed by atoms with Crippen LogP contribution in [0.5, 0.6) is 0 Å². The number of hydrogen-bond donors (Lipinski definition) is 1. The average Bonchev–Trinajstić information content (AvgIpc) is 3.06. The first-order valence-corrected chi connectivity index (χ1v) is 10.2. The summed E-state index contributed by atoms with van der Waals surface area (Å²) in [6, 6.07) is 17.3. The Bertz CT molecular complexity index is 829. The molecular weight excluding hydrogens is 332 g/mol. The standard InChI is InChI=1S/C23H32N4/c1-3-15-26(16-4-2)18-19-10-12-20(13-11-19)23-25-21-8-5-6-9-22(21)27(23)17-7-14-24/h5-6,8-13H,3-4,7,14-18,24H2,1-2H3. The van der Waals surface area contributed by atoms with Crippen LogP contribution in [-0.2, 0) is 13.1 Å². The smallest absolute Gasteiger partial charge is 0.141 e. The predicted octanol–water partition coefficient (Wildman–Crippen LogP) is 4.67. The Morgan fingerprint density at radius 3 is 2.33 bits per heavy atom. The highest BCUT2D eigenvalue weighted by Crippen LogP contribution is 2.25. The predicted molar refractivity (Wildman–Crippen MR) is 115 cm³/mol. The molecule has 0 saturated carbocycles. The lowest BCUT2D eigenvalue weighted by molar-refractivity contribution is 0.266. The Morgan fingerprint density at radius 2 is 1.67 bits per heavy atom. The number of hydrogen-bond acceptors (Lipinski definition) is 3. The Labute approximate surface area is 163 Å². The molecule has 0 amide bonds. The van der Waals surface area contributed by atoms with Gasteiger partial charge in [-0.25, -0.2) is 4.98 Å². The van der Waals surface area contributed by atoms with E-state index in [-0.39, 0.29) is 0 Å². The quantitative estimate of drug-likeness (QED) is 0.568. The van der Waals surface area contributed by atoms with Crippen molar-refractivity contribution in [2.75, 3.05) is 19.6 Å². The van der Waals surface area contributed by atoms with Crippen LogP contribution in [0.3, 0.4) is 0 Å². The van der Waals surface area contributed by atoms with Gasteiger partial charge in [-0.3, -0.25) is 4.90 Å². The van der Waals surface area contributed by atoms with Crippen molar-refractivity contribution in [3.8, 4) is 11.4 Å². The number of imidazole rings is 1. The molecule has 0 aliphatic carbocycles. The van der Waals surface area contributed by atoms with Crippen LogP contribution in [0.2, 0.25) is 0 Å². The summed E-state index contributed by atoms with van der Waals surface area (Å²) in [6.07, 6.45) is 3.35. The van der Waals surface area contributed by atoms with Gasteiger partial charge in [-0.1, -0.05) is 50.2 Å². The molecule has 0 fully saturated rings. The van der Waals surface area contributed by atoms with Gasteiger partial charge in [0.05, 0.1) is 11.0 Å². The van der Waals surface area contributed by atoms with Gasteiger partial charge in [0.15, 0.2) is 0 Å². The summed E-state index contributed by atoms with van der Waals surface area (Å²) >= 11 is 0. The van der Waals surface area contributed by atoms with E-state index in [1.165, 1.54) is 29.5 Å². The second-order valence-electron chi connectivity index (χ2n) is 7.19. The van der Waals surface area contributed by atoms with Gasteiger partial charge in [-0.15, -0.1) is 0 Å². The van der Waals surface area contributed by atoms with Crippen LogP contribution in [0.1, 0.15) is 38.7 Å². The molecule has 3 rings (SSSR count). The second-order valence-corrected chi connectivity index (χ2v) is 7.19. The molecular formula is C23H32N4. The first-order valence-electron chi connectivity index (χ1n) is 10.2. The van der Waals surface area contributed by atoms with Gasteiger partial charge in [-0.05, 0) is 56.6 Å². The highest BCUT2D eigenvalue weighted by molar-refractivity contribution is 5.80. The number of nitrogens with zero attached hydrogens (tertiary/aromatic N) is 3. The first-order chi connectivity index (χ1) is 13.3. The molecule has 3 aromatic rings. The van der Waals surface area contributed by atoms with E-state index in [1.54, 1.807) is 0 Å². The minimum Gasteiger partial charge on any atom is -0.330 e. The number of rotatable bonds is 10. The van der Waals surface area contributed by atoms with Crippen molar-refractivity contribution in [2.24, 2.45) is 5.73 Å². The monoisotopic (exact) mass is 364 g/mol. The largest absolute Gasteiger partial charge is 0.330 e. The van der Waals surface area contributed by atoms with Crippen molar-refractivity contribution < 1.29 is 0 Å². The van der Waals surface area contributed by atoms with Gasteiger partial charge < -0.3 is 10.3 Å². The van der Waals surface area contributed by atoms with Crippen molar-refractivity contribution in [3.63, 3.8) is 0 Å². The lowest BCUT2D eigenvalue weighted by Crippen LogP contribution is -2.24. The molecule has 0 atom stereocenters. The lowest BCUT2D eigenvalue weighted by atomic mass is 10.1. The highest BCUT2D eigenvalue weighted by atomic mass is 15.1. The maximum atomic E-state index is 5.75. The average molecular weight is 365 g/mol. The zero-order valence-electron chi connectivity index (χ0n) is 16.7. The molecule has 2 N–H and O–H groups in total. The number of benzene rings is 2. The van der Waals surface area contributed by atoms with Gasteiger partial charge in [0, 0.05) is 18.7 Å². The highest BCUT2D eigenvalue weighted by Gasteiger charge is 2.12. The van der Waals surface area contributed by atoms with Crippen LogP contribution in [0.15, 0.2) is 48.5 Å². The topological polar surface area (TPSA) is 47.1 Å². The third-order valence-electron chi connectivity index (χ3n) is 4.94. The van der Waals surface area contributed by atoms with Gasteiger partial charge in [-0.2, -0.15) is 0 Å². The van der Waals surface area contributed by atoms with E-state index < -0.39 is 0 Å². The molecule has 0 aliphatic rings. The van der Waals surface area contributed by atoms with Crippen LogP contribution in [0.4, 0.5) is 0 Å². The van der Waals surface area contributed by atoms with Gasteiger partial charge in [0.2, 0.25) is 0 Å². The molecule has 0 unspecified atom stereocenters. The summed E-state index contributed by atoms with van der Waals surface area (Å²) in [5.41, 5.74) is 10.5. The minimum absolute atomic E-state index is 0.690. The van der Waals surface area contributed by atoms with Crippen molar-refractivity contribution in [1.29, 1.82) is 0 Å². The zero-order chi connectivity index (χ0) is 19.1. The van der Waals surface area contributed by atoms with E-state index >= 15 is 0 Å². The van der Waals surface area contributed by atoms with E-state index in [0.29, 0.717) is 6.54 Å². The van der Waals surface area contributed by atoms with E-state index in [0.717, 1.165) is 43.9 Å². The van der Waals surface area contributed by atoms with Crippen LogP contribution in [0.25, 0.3) is 22.4 Å². The molecule has 27 heavy (non-hydrogen) atoms. The summed E-state index contributed by atoms with van der Waals surface area (Å²) in [4.78, 5) is 7.43. The van der Waals surface area contributed by atoms with Crippen molar-refractivity contribution in [2.45, 2.75) is 46.2 Å². The fourth-order valence-corrected chi connectivity index (χ4v) is 3.69. The van der Waals surface area contributed by atoms with E-state index in [1.807, 2.05) is 6.07 Å². The molecule has 0 aliphatic heterocycles. The molecule has 4 heteroatoms. The zero-order valence-corrected chi connectivity index (χ0v) is 16.7. The second kappa shape index (κ2) is 9.67. The van der Waals surface area contributed by atoms with Crippen molar-refractivity contribution >= 4 is 11.0 Å². The van der Waals surface area contributed by atoms with Gasteiger partial charge >= 0.3 is 0 Å². The third-order valence-corrected chi connectivity index (χ3v) is 4.94. The van der Waals surface area contributed by atoms with Crippen molar-refractivity contribution in [3.05, 3.63) is 54.1 Å². The fourth-order valence-electron chi connectivity index (χ4n) is 3.69. The summed E-state index contributed by atoms with van der Waals surface area (Å²) in [5, 5.41) is 0. The Kier molecular flexibility index (Phi) is 7.02. The van der Waals surface area contributed by atoms with Gasteiger partial charge in [0.1, 0.15) is 5.82 Å². The summed E-state index contributed by atoms with van der Waals surface area (Å²) in [5.74, 6) is 1.04. The lowest BCUT2D eigenvalue weighted by Gasteiger charge is -2.21. The van der Waals surface area contributed by atoms with Gasteiger partial charge in [0.25, 0.3) is 0 Å². The molecule has 2 aromatic carbocycles. The normalized spacial score (nSPS) is 11.6. The van der Waals surface area contributed by atoms with Crippen LogP contribution in [0, 0.1) is 0 Å². The first kappa shape index (κ1) is 19.6.